The molecule has 0 aliphatic carbocycles. The van der Waals surface area contributed by atoms with Crippen LogP contribution in [0, 0.1) is 6.92 Å². The minimum atomic E-state index is -1.15. The molecule has 2 rings (SSSR count). The van der Waals surface area contributed by atoms with Crippen molar-refractivity contribution in [2.45, 2.75) is 38.8 Å². The van der Waals surface area contributed by atoms with Gasteiger partial charge in [-0.15, -0.1) is 0 Å². The Balaban J connectivity index is 2.00. The number of rotatable bonds is 9. The van der Waals surface area contributed by atoms with Crippen LogP contribution in [0.5, 0.6) is 0 Å². The van der Waals surface area contributed by atoms with Crippen molar-refractivity contribution in [3.8, 4) is 0 Å². The van der Waals surface area contributed by atoms with Gasteiger partial charge in [0, 0.05) is 19.1 Å². The molecule has 3 N–H and O–H groups in total. The number of furan rings is 1. The number of aliphatic imine (C=N–C) groups is 1. The summed E-state index contributed by atoms with van der Waals surface area (Å²) in [6.07, 6.45) is 0.948. The van der Waals surface area contributed by atoms with Crippen molar-refractivity contribution in [1.82, 2.24) is 15.5 Å². The number of hydrogen-bond acceptors (Lipinski definition) is 4. The second kappa shape index (κ2) is 10.3. The zero-order valence-electron chi connectivity index (χ0n) is 17.7. The summed E-state index contributed by atoms with van der Waals surface area (Å²) in [4.78, 5) is 6.79. The van der Waals surface area contributed by atoms with Crippen molar-refractivity contribution in [2.24, 2.45) is 4.99 Å². The summed E-state index contributed by atoms with van der Waals surface area (Å²) in [5.41, 5.74) is 0.155. The van der Waals surface area contributed by atoms with E-state index < -0.39 is 5.60 Å². The normalized spacial score (nSPS) is 15.3. The molecule has 1 aromatic carbocycles. The Hall–Kier alpha value is -2.31. The summed E-state index contributed by atoms with van der Waals surface area (Å²) >= 11 is 0. The van der Waals surface area contributed by atoms with E-state index in [1.165, 1.54) is 5.56 Å². The Kier molecular flexibility index (Phi) is 8.08. The molecule has 0 aliphatic rings. The van der Waals surface area contributed by atoms with Crippen LogP contribution in [-0.2, 0) is 12.0 Å². The van der Waals surface area contributed by atoms with Gasteiger partial charge in [0.1, 0.15) is 17.1 Å². The molecule has 0 fully saturated rings. The first-order valence-electron chi connectivity index (χ1n) is 9.83. The maximum absolute atomic E-state index is 10.7. The SMILES string of the molecule is CCNC(=NCC(C)(O)c1ccc(C)o1)NCC(Cc1ccccc1)N(C)C. The van der Waals surface area contributed by atoms with Crippen molar-refractivity contribution in [2.75, 3.05) is 33.7 Å². The van der Waals surface area contributed by atoms with Crippen molar-refractivity contribution < 1.29 is 9.52 Å². The van der Waals surface area contributed by atoms with E-state index in [4.69, 9.17) is 4.42 Å². The number of benzene rings is 1. The van der Waals surface area contributed by atoms with E-state index in [1.807, 2.05) is 26.0 Å². The largest absolute Gasteiger partial charge is 0.463 e. The standard InChI is InChI=1S/C22H34N4O2/c1-6-23-21(25-16-22(3,27)20-13-12-17(2)28-20)24-15-19(26(4)5)14-18-10-8-7-9-11-18/h7-13,19,27H,6,14-16H2,1-5H3,(H2,23,24,25). The molecule has 6 heteroatoms. The molecule has 0 amide bonds. The van der Waals surface area contributed by atoms with Gasteiger partial charge < -0.3 is 25.1 Å². The maximum Gasteiger partial charge on any atom is 0.191 e. The summed E-state index contributed by atoms with van der Waals surface area (Å²) in [5.74, 6) is 1.99. The van der Waals surface area contributed by atoms with Gasteiger partial charge in [0.05, 0.1) is 6.54 Å². The highest BCUT2D eigenvalue weighted by Crippen LogP contribution is 2.23. The smallest absolute Gasteiger partial charge is 0.191 e. The predicted molar refractivity (Wildman–Crippen MR) is 115 cm³/mol. The Morgan fingerprint density at radius 1 is 1.18 bits per heavy atom. The van der Waals surface area contributed by atoms with Crippen LogP contribution in [0.1, 0.15) is 30.9 Å². The number of nitrogens with one attached hydrogen (secondary N) is 2. The van der Waals surface area contributed by atoms with Crippen LogP contribution in [0.4, 0.5) is 0 Å². The quantitative estimate of drug-likeness (QED) is 0.456. The fourth-order valence-electron chi connectivity index (χ4n) is 2.91. The lowest BCUT2D eigenvalue weighted by atomic mass is 10.0. The fraction of sp³-hybridized carbons (Fsp3) is 0.500. The van der Waals surface area contributed by atoms with E-state index in [1.54, 1.807) is 13.0 Å². The molecule has 0 saturated carbocycles. The van der Waals surface area contributed by atoms with E-state index in [0.717, 1.165) is 25.3 Å². The molecule has 2 unspecified atom stereocenters. The number of guanidine groups is 1. The lowest BCUT2D eigenvalue weighted by Crippen LogP contribution is -2.46. The lowest BCUT2D eigenvalue weighted by molar-refractivity contribution is 0.0428. The van der Waals surface area contributed by atoms with E-state index in [-0.39, 0.29) is 6.54 Å². The summed E-state index contributed by atoms with van der Waals surface area (Å²) in [7, 11) is 4.17. The molecular formula is C22H34N4O2. The summed E-state index contributed by atoms with van der Waals surface area (Å²) in [5, 5.41) is 17.4. The van der Waals surface area contributed by atoms with Crippen molar-refractivity contribution in [3.63, 3.8) is 0 Å². The van der Waals surface area contributed by atoms with Crippen molar-refractivity contribution in [1.29, 1.82) is 0 Å². The lowest BCUT2D eigenvalue weighted by Gasteiger charge is -2.26. The average Bonchev–Trinajstić information content (AvgIpc) is 3.11. The number of aliphatic hydroxyl groups is 1. The molecule has 6 nitrogen and oxygen atoms in total. The van der Waals surface area contributed by atoms with Gasteiger partial charge in [-0.05, 0) is 59.0 Å². The molecule has 2 atom stereocenters. The van der Waals surface area contributed by atoms with E-state index in [9.17, 15) is 5.11 Å². The van der Waals surface area contributed by atoms with Gasteiger partial charge in [-0.1, -0.05) is 30.3 Å². The number of likely N-dealkylation sites (N-methyl/N-ethyl adjacent to an activating group) is 1. The van der Waals surface area contributed by atoms with E-state index in [0.29, 0.717) is 17.8 Å². The van der Waals surface area contributed by atoms with Crippen LogP contribution in [0.3, 0.4) is 0 Å². The molecular weight excluding hydrogens is 352 g/mol. The fourth-order valence-corrected chi connectivity index (χ4v) is 2.91. The van der Waals surface area contributed by atoms with E-state index in [2.05, 4.69) is 58.9 Å². The van der Waals surface area contributed by atoms with Crippen LogP contribution < -0.4 is 10.6 Å². The topological polar surface area (TPSA) is 73.0 Å². The Labute approximate surface area is 168 Å². The highest BCUT2D eigenvalue weighted by atomic mass is 16.4. The molecule has 1 aromatic heterocycles. The van der Waals surface area contributed by atoms with Gasteiger partial charge in [0.15, 0.2) is 5.96 Å². The first kappa shape index (κ1) is 22.0. The third-order valence-electron chi connectivity index (χ3n) is 4.71. The summed E-state index contributed by atoms with van der Waals surface area (Å²) in [6, 6.07) is 14.4. The molecule has 154 valence electrons. The molecule has 1 heterocycles. The van der Waals surface area contributed by atoms with Gasteiger partial charge in [-0.2, -0.15) is 0 Å². The second-order valence-corrected chi connectivity index (χ2v) is 7.57. The Bertz CT molecular complexity index is 738. The molecule has 0 radical (unpaired) electrons. The number of nitrogens with zero attached hydrogens (tertiary/aromatic N) is 2. The van der Waals surface area contributed by atoms with Gasteiger partial charge in [-0.25, -0.2) is 4.99 Å². The summed E-state index contributed by atoms with van der Waals surface area (Å²) in [6.45, 7) is 7.31. The molecule has 28 heavy (non-hydrogen) atoms. The second-order valence-electron chi connectivity index (χ2n) is 7.57. The molecule has 0 aliphatic heterocycles. The third kappa shape index (κ3) is 6.69. The Morgan fingerprint density at radius 2 is 1.89 bits per heavy atom. The van der Waals surface area contributed by atoms with Crippen LogP contribution >= 0.6 is 0 Å². The highest BCUT2D eigenvalue weighted by Gasteiger charge is 2.26. The molecule has 0 bridgehead atoms. The molecule has 0 saturated heterocycles. The van der Waals surface area contributed by atoms with Gasteiger partial charge in [0.2, 0.25) is 0 Å². The van der Waals surface area contributed by atoms with Crippen molar-refractivity contribution >= 4 is 5.96 Å². The van der Waals surface area contributed by atoms with Crippen LogP contribution in [0.25, 0.3) is 0 Å². The zero-order chi connectivity index (χ0) is 20.6. The minimum Gasteiger partial charge on any atom is -0.463 e. The van der Waals surface area contributed by atoms with Crippen LogP contribution in [0.15, 0.2) is 51.9 Å². The predicted octanol–water partition coefficient (Wildman–Crippen LogP) is 2.52. The van der Waals surface area contributed by atoms with Gasteiger partial charge >= 0.3 is 0 Å². The first-order valence-corrected chi connectivity index (χ1v) is 9.83. The monoisotopic (exact) mass is 386 g/mol. The van der Waals surface area contributed by atoms with Crippen molar-refractivity contribution in [3.05, 3.63) is 59.5 Å². The zero-order valence-corrected chi connectivity index (χ0v) is 17.7. The molecule has 2 aromatic rings. The Morgan fingerprint density at radius 3 is 2.46 bits per heavy atom. The van der Waals surface area contributed by atoms with Crippen LogP contribution in [-0.4, -0.2) is 55.7 Å². The highest BCUT2D eigenvalue weighted by molar-refractivity contribution is 5.79. The number of hydrogen-bond donors (Lipinski definition) is 3. The molecule has 0 spiro atoms. The average molecular weight is 387 g/mol. The van der Waals surface area contributed by atoms with Gasteiger partial charge in [-0.3, -0.25) is 0 Å². The maximum atomic E-state index is 10.7. The minimum absolute atomic E-state index is 0.209. The number of aryl methyl sites for hydroxylation is 1. The third-order valence-corrected chi connectivity index (χ3v) is 4.71. The van der Waals surface area contributed by atoms with E-state index >= 15 is 0 Å². The van der Waals surface area contributed by atoms with Gasteiger partial charge in [0.25, 0.3) is 0 Å². The summed E-state index contributed by atoms with van der Waals surface area (Å²) < 4.78 is 5.57. The van der Waals surface area contributed by atoms with Crippen LogP contribution in [0.2, 0.25) is 0 Å². The first-order chi connectivity index (χ1) is 13.3.